The average molecular weight is 426 g/mol. The number of amides is 1. The van der Waals surface area contributed by atoms with Gasteiger partial charge in [0.1, 0.15) is 0 Å². The number of carbonyl (C=O) groups excluding carboxylic acids is 1. The van der Waals surface area contributed by atoms with E-state index in [1.165, 1.54) is 0 Å². The summed E-state index contributed by atoms with van der Waals surface area (Å²) < 4.78 is 1.79. The average Bonchev–Trinajstić information content (AvgIpc) is 2.47. The molecule has 0 bridgehead atoms. The molecule has 0 saturated carbocycles. The van der Waals surface area contributed by atoms with Crippen LogP contribution in [-0.4, -0.2) is 23.7 Å². The normalized spacial score (nSPS) is 10.7. The van der Waals surface area contributed by atoms with E-state index >= 15 is 0 Å². The second-order valence-electron chi connectivity index (χ2n) is 4.54. The zero-order chi connectivity index (χ0) is 15.9. The first-order valence-electron chi connectivity index (χ1n) is 6.47. The van der Waals surface area contributed by atoms with Gasteiger partial charge in [0.2, 0.25) is 0 Å². The third-order valence-electron chi connectivity index (χ3n) is 2.70. The molecule has 2 rings (SSSR count). The number of anilines is 1. The molecule has 7 heteroatoms. The summed E-state index contributed by atoms with van der Waals surface area (Å²) in [4.78, 5) is 15.7. The van der Waals surface area contributed by atoms with Gasteiger partial charge in [0.15, 0.2) is 0 Å². The molecule has 0 unspecified atom stereocenters. The molecule has 1 aromatic carbocycles. The molecular weight excluding hydrogens is 412 g/mol. The number of aromatic nitrogens is 1. The number of carbonyl (C=O) groups is 1. The van der Waals surface area contributed by atoms with Gasteiger partial charge in [-0.1, -0.05) is 6.07 Å². The molecule has 0 aliphatic carbocycles. The lowest BCUT2D eigenvalue weighted by atomic mass is 10.2. The van der Waals surface area contributed by atoms with Crippen LogP contribution in [0.1, 0.15) is 11.1 Å². The summed E-state index contributed by atoms with van der Waals surface area (Å²) in [6.45, 7) is 2.11. The van der Waals surface area contributed by atoms with Gasteiger partial charge in [0, 0.05) is 26.9 Å². The fourth-order valence-electron chi connectivity index (χ4n) is 1.71. The Hall–Kier alpha value is -1.73. The number of hydrazone groups is 1. The molecule has 0 fully saturated rings. The maximum Gasteiger partial charge on any atom is 0.259 e. The lowest BCUT2D eigenvalue weighted by Gasteiger charge is -2.11. The molecule has 1 aromatic heterocycles. The minimum atomic E-state index is -0.237. The molecule has 1 amide bonds. The van der Waals surface area contributed by atoms with E-state index in [1.54, 1.807) is 24.7 Å². The smallest absolute Gasteiger partial charge is 0.259 e. The molecule has 2 aromatic rings. The number of rotatable bonds is 5. The van der Waals surface area contributed by atoms with Gasteiger partial charge in [0.05, 0.1) is 18.4 Å². The summed E-state index contributed by atoms with van der Waals surface area (Å²) in [5.74, 6) is -0.237. The summed E-state index contributed by atoms with van der Waals surface area (Å²) in [5.41, 5.74) is 5.23. The van der Waals surface area contributed by atoms with Crippen molar-refractivity contribution in [3.05, 3.63) is 56.7 Å². The highest BCUT2D eigenvalue weighted by Gasteiger charge is 2.07. The molecule has 1 heterocycles. The van der Waals surface area contributed by atoms with Crippen molar-refractivity contribution < 1.29 is 4.79 Å². The monoisotopic (exact) mass is 424 g/mol. The third-order valence-corrected chi connectivity index (χ3v) is 3.95. The van der Waals surface area contributed by atoms with Crippen molar-refractivity contribution in [3.63, 3.8) is 0 Å². The highest BCUT2D eigenvalue weighted by molar-refractivity contribution is 9.11. The first-order valence-corrected chi connectivity index (χ1v) is 8.06. The number of pyridine rings is 1. The van der Waals surface area contributed by atoms with Gasteiger partial charge in [-0.2, -0.15) is 5.10 Å². The van der Waals surface area contributed by atoms with Gasteiger partial charge in [-0.05, 0) is 62.5 Å². The van der Waals surface area contributed by atoms with Crippen molar-refractivity contribution in [1.82, 2.24) is 10.4 Å². The van der Waals surface area contributed by atoms with Crippen LogP contribution in [0, 0.1) is 6.92 Å². The molecule has 0 aliphatic heterocycles. The van der Waals surface area contributed by atoms with Crippen LogP contribution in [0.5, 0.6) is 0 Å². The Kier molecular flexibility index (Phi) is 6.09. The zero-order valence-corrected chi connectivity index (χ0v) is 15.0. The number of hydrogen-bond acceptors (Lipinski definition) is 4. The molecule has 2 N–H and O–H groups in total. The lowest BCUT2D eigenvalue weighted by Crippen LogP contribution is -2.26. The fourth-order valence-corrected chi connectivity index (χ4v) is 3.40. The largest absolute Gasteiger partial charge is 0.374 e. The number of aryl methyl sites for hydroxylation is 1. The predicted octanol–water partition coefficient (Wildman–Crippen LogP) is 3.48. The standard InChI is InChI=1S/C15H14Br2N4O/c1-10-5-12(16)15(13(17)6-10)19-9-14(22)21-20-8-11-3-2-4-18-7-11/h2-8,19H,9H2,1H3,(H,21,22)/b20-8-. The van der Waals surface area contributed by atoms with E-state index in [0.717, 1.165) is 25.8 Å². The molecule has 0 atom stereocenters. The summed E-state index contributed by atoms with van der Waals surface area (Å²) in [7, 11) is 0. The minimum Gasteiger partial charge on any atom is -0.374 e. The van der Waals surface area contributed by atoms with Crippen molar-refractivity contribution in [1.29, 1.82) is 0 Å². The SMILES string of the molecule is Cc1cc(Br)c(NCC(=O)N/N=C\c2cccnc2)c(Br)c1. The predicted molar refractivity (Wildman–Crippen MR) is 95.0 cm³/mol. The van der Waals surface area contributed by atoms with Gasteiger partial charge in [0.25, 0.3) is 5.91 Å². The van der Waals surface area contributed by atoms with Crippen LogP contribution in [-0.2, 0) is 4.79 Å². The van der Waals surface area contributed by atoms with E-state index in [4.69, 9.17) is 0 Å². The van der Waals surface area contributed by atoms with Crippen molar-refractivity contribution >= 4 is 49.7 Å². The van der Waals surface area contributed by atoms with Gasteiger partial charge >= 0.3 is 0 Å². The van der Waals surface area contributed by atoms with Crippen molar-refractivity contribution in [3.8, 4) is 0 Å². The van der Waals surface area contributed by atoms with E-state index in [0.29, 0.717) is 0 Å². The summed E-state index contributed by atoms with van der Waals surface area (Å²) in [6.07, 6.45) is 4.88. The summed E-state index contributed by atoms with van der Waals surface area (Å²) in [6, 6.07) is 7.61. The van der Waals surface area contributed by atoms with Gasteiger partial charge in [-0.25, -0.2) is 5.43 Å². The Bertz CT molecular complexity index is 666. The maximum atomic E-state index is 11.8. The molecule has 0 spiro atoms. The third kappa shape index (κ3) is 4.92. The van der Waals surface area contributed by atoms with Crippen LogP contribution < -0.4 is 10.7 Å². The number of benzene rings is 1. The Morgan fingerprint density at radius 2 is 2.09 bits per heavy atom. The highest BCUT2D eigenvalue weighted by Crippen LogP contribution is 2.31. The first kappa shape index (κ1) is 16.6. The topological polar surface area (TPSA) is 66.4 Å². The van der Waals surface area contributed by atoms with Gasteiger partial charge < -0.3 is 5.32 Å². The second-order valence-corrected chi connectivity index (χ2v) is 6.25. The molecule has 5 nitrogen and oxygen atoms in total. The highest BCUT2D eigenvalue weighted by atomic mass is 79.9. The molecular formula is C15H14Br2N4O. The minimum absolute atomic E-state index is 0.116. The molecule has 0 radical (unpaired) electrons. The fraction of sp³-hybridized carbons (Fsp3) is 0.133. The number of nitrogens with one attached hydrogen (secondary N) is 2. The maximum absolute atomic E-state index is 11.8. The van der Waals surface area contributed by atoms with Crippen LogP contribution in [0.4, 0.5) is 5.69 Å². The Morgan fingerprint density at radius 3 is 2.73 bits per heavy atom. The van der Waals surface area contributed by atoms with E-state index in [2.05, 4.69) is 52.7 Å². The van der Waals surface area contributed by atoms with E-state index in [1.807, 2.05) is 25.1 Å². The van der Waals surface area contributed by atoms with Crippen LogP contribution in [0.3, 0.4) is 0 Å². The first-order chi connectivity index (χ1) is 10.6. The number of hydrogen-bond donors (Lipinski definition) is 2. The van der Waals surface area contributed by atoms with Gasteiger partial charge in [-0.15, -0.1) is 0 Å². The van der Waals surface area contributed by atoms with Crippen LogP contribution in [0.15, 0.2) is 50.7 Å². The quantitative estimate of drug-likeness (QED) is 0.569. The van der Waals surface area contributed by atoms with E-state index in [9.17, 15) is 4.79 Å². The molecule has 0 saturated heterocycles. The van der Waals surface area contributed by atoms with Gasteiger partial charge in [-0.3, -0.25) is 9.78 Å². The molecule has 114 valence electrons. The molecule has 22 heavy (non-hydrogen) atoms. The Balaban J connectivity index is 1.87. The van der Waals surface area contributed by atoms with Crippen molar-refractivity contribution in [2.45, 2.75) is 6.92 Å². The Labute approximate surface area is 145 Å². The second kappa shape index (κ2) is 8.05. The zero-order valence-electron chi connectivity index (χ0n) is 11.8. The number of nitrogens with zero attached hydrogens (tertiary/aromatic N) is 2. The summed E-state index contributed by atoms with van der Waals surface area (Å²) in [5, 5.41) is 6.95. The number of halogens is 2. The van der Waals surface area contributed by atoms with Crippen LogP contribution in [0.2, 0.25) is 0 Å². The Morgan fingerprint density at radius 1 is 1.36 bits per heavy atom. The van der Waals surface area contributed by atoms with E-state index < -0.39 is 0 Å². The van der Waals surface area contributed by atoms with Crippen molar-refractivity contribution in [2.24, 2.45) is 5.10 Å². The van der Waals surface area contributed by atoms with Crippen molar-refractivity contribution in [2.75, 3.05) is 11.9 Å². The van der Waals surface area contributed by atoms with Crippen LogP contribution >= 0.6 is 31.9 Å². The molecule has 0 aliphatic rings. The lowest BCUT2D eigenvalue weighted by molar-refractivity contribution is -0.119. The summed E-state index contributed by atoms with van der Waals surface area (Å²) >= 11 is 6.94. The van der Waals surface area contributed by atoms with Crippen LogP contribution in [0.25, 0.3) is 0 Å². The van der Waals surface area contributed by atoms with E-state index in [-0.39, 0.29) is 12.5 Å².